The number of hydrogen-bond acceptors (Lipinski definition) is 3. The number of aromatic nitrogens is 1. The van der Waals surface area contributed by atoms with Crippen molar-refractivity contribution in [2.45, 2.75) is 52.0 Å². The van der Waals surface area contributed by atoms with Crippen molar-refractivity contribution in [3.63, 3.8) is 0 Å². The minimum Gasteiger partial charge on any atom is -0.494 e. The lowest BCUT2D eigenvalue weighted by Crippen LogP contribution is -2.49. The monoisotopic (exact) mass is 396 g/mol. The topological polar surface area (TPSA) is 43.6 Å². The minimum absolute atomic E-state index is 0.126. The van der Waals surface area contributed by atoms with Crippen LogP contribution in [-0.4, -0.2) is 17.1 Å². The number of nitrogens with zero attached hydrogens (tertiary/aromatic N) is 2. The maximum atomic E-state index is 13.4. The summed E-state index contributed by atoms with van der Waals surface area (Å²) in [4.78, 5) is 19.0. The van der Waals surface area contributed by atoms with Crippen molar-refractivity contribution in [3.05, 3.63) is 35.7 Å². The zero-order valence-electron chi connectivity index (χ0n) is 16.5. The van der Waals surface area contributed by atoms with Crippen molar-refractivity contribution in [2.24, 2.45) is 28.2 Å². The fourth-order valence-corrected chi connectivity index (χ4v) is 7.35. The summed E-state index contributed by atoms with van der Waals surface area (Å²) in [5.41, 5.74) is 0.901. The summed E-state index contributed by atoms with van der Waals surface area (Å²) in [5.74, 6) is 3.24. The first kappa shape index (κ1) is 18.2. The molecule has 0 unspecified atom stereocenters. The molecule has 4 fully saturated rings. The maximum absolute atomic E-state index is 13.4. The molecule has 0 atom stereocenters. The molecule has 4 nitrogen and oxygen atoms in total. The van der Waals surface area contributed by atoms with E-state index in [9.17, 15) is 4.79 Å². The van der Waals surface area contributed by atoms with Crippen LogP contribution in [0.4, 0.5) is 0 Å². The summed E-state index contributed by atoms with van der Waals surface area (Å²) in [5, 5.41) is 0. The maximum Gasteiger partial charge on any atom is 0.254 e. The van der Waals surface area contributed by atoms with Gasteiger partial charge in [-0.25, -0.2) is 0 Å². The number of amides is 1. The molecule has 1 aromatic carbocycles. The number of hydrogen-bond donors (Lipinski definition) is 0. The summed E-state index contributed by atoms with van der Waals surface area (Å²) >= 11 is 1.58. The molecule has 0 radical (unpaired) electrons. The van der Waals surface area contributed by atoms with E-state index in [4.69, 9.17) is 9.73 Å². The van der Waals surface area contributed by atoms with Gasteiger partial charge in [0.15, 0.2) is 4.80 Å². The predicted molar refractivity (Wildman–Crippen MR) is 112 cm³/mol. The lowest BCUT2D eigenvalue weighted by atomic mass is 9.49. The number of allylic oxidation sites excluding steroid dienone is 1. The lowest BCUT2D eigenvalue weighted by molar-refractivity contribution is -0.142. The van der Waals surface area contributed by atoms with Gasteiger partial charge in [-0.3, -0.25) is 4.79 Å². The van der Waals surface area contributed by atoms with E-state index >= 15 is 0 Å². The first-order valence-corrected chi connectivity index (χ1v) is 11.4. The van der Waals surface area contributed by atoms with Gasteiger partial charge in [0.1, 0.15) is 5.75 Å². The van der Waals surface area contributed by atoms with Gasteiger partial charge < -0.3 is 9.30 Å². The highest BCUT2D eigenvalue weighted by Gasteiger charge is 2.54. The number of rotatable bonds is 5. The molecule has 1 heterocycles. The standard InChI is InChI=1S/C23H28N2O2S/c1-3-7-25-19-6-5-18(27-4-2)11-20(19)28-22(25)24-21(26)23-12-15-8-16(13-23)10-17(9-15)14-23/h3,5-6,11,15-17H,1,4,7-10,12-14H2,2H3. The number of carbonyl (C=O) groups is 1. The summed E-state index contributed by atoms with van der Waals surface area (Å²) in [7, 11) is 0. The third-order valence-electron chi connectivity index (χ3n) is 6.97. The highest BCUT2D eigenvalue weighted by atomic mass is 32.1. The fraction of sp³-hybridized carbons (Fsp3) is 0.565. The van der Waals surface area contributed by atoms with Crippen LogP contribution in [0.2, 0.25) is 0 Å². The Morgan fingerprint density at radius 1 is 1.29 bits per heavy atom. The Balaban J connectivity index is 1.56. The highest BCUT2D eigenvalue weighted by molar-refractivity contribution is 7.16. The Hall–Kier alpha value is -1.88. The summed E-state index contributed by atoms with van der Waals surface area (Å²) in [6.07, 6.45) is 9.06. The van der Waals surface area contributed by atoms with E-state index in [0.717, 1.165) is 57.8 Å². The molecule has 28 heavy (non-hydrogen) atoms. The van der Waals surface area contributed by atoms with Crippen LogP contribution in [0.3, 0.4) is 0 Å². The molecular weight excluding hydrogens is 368 g/mol. The smallest absolute Gasteiger partial charge is 0.254 e. The molecule has 0 saturated heterocycles. The minimum atomic E-state index is -0.187. The third kappa shape index (κ3) is 2.95. The van der Waals surface area contributed by atoms with E-state index in [-0.39, 0.29) is 11.3 Å². The first-order valence-electron chi connectivity index (χ1n) is 10.6. The van der Waals surface area contributed by atoms with Gasteiger partial charge in [0.25, 0.3) is 5.91 Å². The Kier molecular flexibility index (Phi) is 4.46. The average molecular weight is 397 g/mol. The van der Waals surface area contributed by atoms with Crippen LogP contribution in [0, 0.1) is 23.2 Å². The van der Waals surface area contributed by atoms with E-state index in [2.05, 4.69) is 23.3 Å². The van der Waals surface area contributed by atoms with Crippen LogP contribution in [-0.2, 0) is 11.3 Å². The SMILES string of the molecule is C=CCn1c(=NC(=O)C23CC4CC(CC(C4)C2)C3)sc2cc(OCC)ccc21. The van der Waals surface area contributed by atoms with Crippen molar-refractivity contribution in [2.75, 3.05) is 6.61 Å². The average Bonchev–Trinajstić information content (AvgIpc) is 2.98. The molecule has 4 aliphatic carbocycles. The van der Waals surface area contributed by atoms with E-state index in [1.807, 2.05) is 19.1 Å². The first-order chi connectivity index (χ1) is 13.6. The quantitative estimate of drug-likeness (QED) is 0.673. The van der Waals surface area contributed by atoms with Crippen LogP contribution in [0.15, 0.2) is 35.8 Å². The van der Waals surface area contributed by atoms with Crippen molar-refractivity contribution in [1.82, 2.24) is 4.57 Å². The van der Waals surface area contributed by atoms with Crippen LogP contribution < -0.4 is 9.54 Å². The largest absolute Gasteiger partial charge is 0.494 e. The van der Waals surface area contributed by atoms with E-state index in [1.54, 1.807) is 11.3 Å². The van der Waals surface area contributed by atoms with Gasteiger partial charge in [-0.2, -0.15) is 4.99 Å². The Morgan fingerprint density at radius 2 is 1.96 bits per heavy atom. The Labute approximate surface area is 169 Å². The molecule has 0 N–H and O–H groups in total. The third-order valence-corrected chi connectivity index (χ3v) is 8.01. The van der Waals surface area contributed by atoms with Gasteiger partial charge in [0.05, 0.1) is 22.2 Å². The Morgan fingerprint density at radius 3 is 2.57 bits per heavy atom. The molecule has 4 bridgehead atoms. The highest BCUT2D eigenvalue weighted by Crippen LogP contribution is 2.60. The predicted octanol–water partition coefficient (Wildman–Crippen LogP) is 4.93. The van der Waals surface area contributed by atoms with Crippen molar-refractivity contribution >= 4 is 27.5 Å². The molecule has 4 saturated carbocycles. The van der Waals surface area contributed by atoms with E-state index in [0.29, 0.717) is 13.2 Å². The molecule has 6 rings (SSSR count). The molecule has 2 aromatic rings. The molecule has 148 valence electrons. The number of ether oxygens (including phenoxy) is 1. The van der Waals surface area contributed by atoms with Crippen molar-refractivity contribution in [3.8, 4) is 5.75 Å². The van der Waals surface area contributed by atoms with Crippen molar-refractivity contribution in [1.29, 1.82) is 0 Å². The normalized spacial score (nSPS) is 31.5. The van der Waals surface area contributed by atoms with Gasteiger partial charge in [-0.05, 0) is 81.4 Å². The summed E-state index contributed by atoms with van der Waals surface area (Å²) in [6, 6.07) is 6.11. The zero-order chi connectivity index (χ0) is 19.3. The van der Waals surface area contributed by atoms with Gasteiger partial charge in [0.2, 0.25) is 0 Å². The second-order valence-electron chi connectivity index (χ2n) is 8.96. The molecule has 5 heteroatoms. The summed E-state index contributed by atoms with van der Waals surface area (Å²) < 4.78 is 8.86. The zero-order valence-corrected chi connectivity index (χ0v) is 17.3. The molecular formula is C23H28N2O2S. The molecule has 0 aliphatic heterocycles. The van der Waals surface area contributed by atoms with E-state index < -0.39 is 0 Å². The number of benzene rings is 1. The number of fused-ring (bicyclic) bond motifs is 1. The van der Waals surface area contributed by atoms with Crippen LogP contribution in [0.1, 0.15) is 45.4 Å². The lowest BCUT2D eigenvalue weighted by Gasteiger charge is -2.55. The second kappa shape index (κ2) is 6.87. The number of thiazole rings is 1. The van der Waals surface area contributed by atoms with Crippen LogP contribution in [0.25, 0.3) is 10.2 Å². The fourth-order valence-electron chi connectivity index (χ4n) is 6.28. The molecule has 4 aliphatic rings. The van der Waals surface area contributed by atoms with Gasteiger partial charge in [-0.1, -0.05) is 17.4 Å². The van der Waals surface area contributed by atoms with Gasteiger partial charge in [-0.15, -0.1) is 6.58 Å². The molecule has 1 aromatic heterocycles. The van der Waals surface area contributed by atoms with Gasteiger partial charge >= 0.3 is 0 Å². The van der Waals surface area contributed by atoms with Crippen molar-refractivity contribution < 1.29 is 9.53 Å². The van der Waals surface area contributed by atoms with E-state index in [1.165, 1.54) is 19.3 Å². The molecule has 1 amide bonds. The Bertz CT molecular complexity index is 964. The molecule has 0 spiro atoms. The number of carbonyl (C=O) groups excluding carboxylic acids is 1. The van der Waals surface area contributed by atoms with Crippen LogP contribution in [0.5, 0.6) is 5.75 Å². The van der Waals surface area contributed by atoms with Gasteiger partial charge in [0, 0.05) is 6.54 Å². The second-order valence-corrected chi connectivity index (χ2v) is 9.97. The summed E-state index contributed by atoms with van der Waals surface area (Å²) in [6.45, 7) is 7.18. The van der Waals surface area contributed by atoms with Crippen LogP contribution >= 0.6 is 11.3 Å².